The molecule has 0 nitrogen and oxygen atoms in total. The quantitative estimate of drug-likeness (QED) is 0.575. The fourth-order valence-corrected chi connectivity index (χ4v) is 6.48. The van der Waals surface area contributed by atoms with Gasteiger partial charge in [-0.1, -0.05) is 68.7 Å². The van der Waals surface area contributed by atoms with Gasteiger partial charge in [-0.15, -0.1) is 0 Å². The number of rotatable bonds is 2. The first-order valence-electron chi connectivity index (χ1n) is 5.99. The lowest BCUT2D eigenvalue weighted by Gasteiger charge is -2.45. The zero-order valence-corrected chi connectivity index (χ0v) is 11.7. The van der Waals surface area contributed by atoms with E-state index in [9.17, 15) is 0 Å². The maximum absolute atomic E-state index is 2.43. The van der Waals surface area contributed by atoms with E-state index in [0.717, 1.165) is 5.92 Å². The van der Waals surface area contributed by atoms with Crippen molar-refractivity contribution in [1.82, 2.24) is 0 Å². The van der Waals surface area contributed by atoms with Crippen molar-refractivity contribution in [2.75, 3.05) is 6.16 Å². The second-order valence-corrected chi connectivity index (χ2v) is 10.7. The molecule has 1 aliphatic carbocycles. The van der Waals surface area contributed by atoms with Crippen LogP contribution in [0.3, 0.4) is 0 Å². The summed E-state index contributed by atoms with van der Waals surface area (Å²) < 4.78 is 0. The Labute approximate surface area is 91.6 Å². The summed E-state index contributed by atoms with van der Waals surface area (Å²) in [5.41, 5.74) is 0. The van der Waals surface area contributed by atoms with Crippen molar-refractivity contribution in [3.63, 3.8) is 0 Å². The monoisotopic (exact) mass is 214 g/mol. The summed E-state index contributed by atoms with van der Waals surface area (Å²) in [6.45, 7) is 14.6. The van der Waals surface area contributed by atoms with Crippen LogP contribution in [0.25, 0.3) is 0 Å². The summed E-state index contributed by atoms with van der Waals surface area (Å²) in [5.74, 6) is 1.07. The molecule has 84 valence electrons. The van der Waals surface area contributed by atoms with Crippen LogP contribution in [-0.4, -0.2) is 16.5 Å². The summed E-state index contributed by atoms with van der Waals surface area (Å²) in [6, 6.07) is 0. The Morgan fingerprint density at radius 1 is 0.929 bits per heavy atom. The minimum Gasteiger partial charge on any atom is -0.0954 e. The Bertz CT molecular complexity index is 164. The standard InChI is InChI=1S/C13H27P/c1-12(2,3)14(13(4,5)6)10-11-8-7-9-11/h11H,7-10H2,1-6H3. The third kappa shape index (κ3) is 3.23. The third-order valence-electron chi connectivity index (χ3n) is 3.29. The van der Waals surface area contributed by atoms with Crippen LogP contribution >= 0.6 is 7.92 Å². The van der Waals surface area contributed by atoms with Crippen LogP contribution in [0.4, 0.5) is 0 Å². The molecule has 0 heterocycles. The van der Waals surface area contributed by atoms with Gasteiger partial charge in [-0.2, -0.15) is 0 Å². The van der Waals surface area contributed by atoms with Crippen molar-refractivity contribution in [3.05, 3.63) is 0 Å². The predicted molar refractivity (Wildman–Crippen MR) is 68.6 cm³/mol. The Balaban J connectivity index is 2.61. The zero-order valence-electron chi connectivity index (χ0n) is 10.9. The van der Waals surface area contributed by atoms with Crippen LogP contribution in [0, 0.1) is 5.92 Å². The van der Waals surface area contributed by atoms with Gasteiger partial charge in [0.25, 0.3) is 0 Å². The van der Waals surface area contributed by atoms with Gasteiger partial charge < -0.3 is 0 Å². The van der Waals surface area contributed by atoms with E-state index in [1.54, 1.807) is 0 Å². The van der Waals surface area contributed by atoms with Crippen molar-refractivity contribution >= 4 is 7.92 Å². The average Bonchev–Trinajstić information content (AvgIpc) is 1.76. The molecule has 0 aliphatic heterocycles. The molecule has 0 aromatic heterocycles. The molecule has 0 bridgehead atoms. The van der Waals surface area contributed by atoms with E-state index in [1.165, 1.54) is 25.4 Å². The van der Waals surface area contributed by atoms with Crippen molar-refractivity contribution in [1.29, 1.82) is 0 Å². The largest absolute Gasteiger partial charge is 0.0954 e. The van der Waals surface area contributed by atoms with Gasteiger partial charge in [0.2, 0.25) is 0 Å². The highest BCUT2D eigenvalue weighted by Gasteiger charge is 2.36. The highest BCUT2D eigenvalue weighted by atomic mass is 31.1. The summed E-state index contributed by atoms with van der Waals surface area (Å²) >= 11 is 0. The molecule has 0 atom stereocenters. The maximum atomic E-state index is 2.43. The van der Waals surface area contributed by atoms with E-state index in [-0.39, 0.29) is 7.92 Å². The Morgan fingerprint density at radius 2 is 1.36 bits per heavy atom. The zero-order chi connectivity index (χ0) is 11.0. The summed E-state index contributed by atoms with van der Waals surface area (Å²) in [4.78, 5) is 0. The minimum absolute atomic E-state index is 0.163. The van der Waals surface area contributed by atoms with E-state index in [4.69, 9.17) is 0 Å². The van der Waals surface area contributed by atoms with Crippen LogP contribution < -0.4 is 0 Å². The topological polar surface area (TPSA) is 0 Å². The first kappa shape index (κ1) is 12.5. The summed E-state index contributed by atoms with van der Waals surface area (Å²) in [6.07, 6.45) is 6.01. The Hall–Kier alpha value is 0.430. The SMILES string of the molecule is CC(C)(C)P(CC1CCC1)C(C)(C)C. The van der Waals surface area contributed by atoms with Crippen LogP contribution in [0.2, 0.25) is 0 Å². The molecule has 14 heavy (non-hydrogen) atoms. The molecule has 0 unspecified atom stereocenters. The lowest BCUT2D eigenvalue weighted by atomic mass is 9.87. The first-order valence-corrected chi connectivity index (χ1v) is 7.52. The molecule has 0 N–H and O–H groups in total. The van der Waals surface area contributed by atoms with Gasteiger partial charge in [-0.3, -0.25) is 0 Å². The van der Waals surface area contributed by atoms with E-state index < -0.39 is 0 Å². The van der Waals surface area contributed by atoms with Gasteiger partial charge in [0.15, 0.2) is 0 Å². The lowest BCUT2D eigenvalue weighted by Crippen LogP contribution is -2.30. The van der Waals surface area contributed by atoms with Crippen molar-refractivity contribution in [2.45, 2.75) is 71.1 Å². The van der Waals surface area contributed by atoms with Gasteiger partial charge in [0.1, 0.15) is 0 Å². The minimum atomic E-state index is 0.163. The van der Waals surface area contributed by atoms with E-state index in [0.29, 0.717) is 10.3 Å². The molecule has 1 saturated carbocycles. The molecule has 0 aromatic carbocycles. The third-order valence-corrected chi connectivity index (χ3v) is 7.41. The molecule has 1 fully saturated rings. The van der Waals surface area contributed by atoms with Crippen LogP contribution in [-0.2, 0) is 0 Å². The molecular formula is C13H27P. The second-order valence-electron chi connectivity index (χ2n) is 6.75. The molecule has 0 radical (unpaired) electrons. The predicted octanol–water partition coefficient (Wildman–Crippen LogP) is 4.87. The summed E-state index contributed by atoms with van der Waals surface area (Å²) in [5, 5.41) is 1.06. The van der Waals surface area contributed by atoms with Gasteiger partial charge in [0.05, 0.1) is 0 Å². The van der Waals surface area contributed by atoms with Crippen molar-refractivity contribution < 1.29 is 0 Å². The highest BCUT2D eigenvalue weighted by Crippen LogP contribution is 2.61. The normalized spacial score (nSPS) is 19.9. The van der Waals surface area contributed by atoms with Crippen molar-refractivity contribution in [3.8, 4) is 0 Å². The molecule has 1 aliphatic rings. The molecule has 0 saturated heterocycles. The van der Waals surface area contributed by atoms with Gasteiger partial charge >= 0.3 is 0 Å². The second kappa shape index (κ2) is 4.12. The molecule has 0 amide bonds. The van der Waals surface area contributed by atoms with E-state index in [1.807, 2.05) is 0 Å². The van der Waals surface area contributed by atoms with E-state index in [2.05, 4.69) is 41.5 Å². The fraction of sp³-hybridized carbons (Fsp3) is 1.00. The molecule has 1 rings (SSSR count). The highest BCUT2D eigenvalue weighted by molar-refractivity contribution is 7.60. The Morgan fingerprint density at radius 3 is 1.57 bits per heavy atom. The number of hydrogen-bond acceptors (Lipinski definition) is 0. The first-order chi connectivity index (χ1) is 6.21. The Kier molecular flexibility index (Phi) is 3.68. The van der Waals surface area contributed by atoms with Gasteiger partial charge in [-0.05, 0) is 22.4 Å². The lowest BCUT2D eigenvalue weighted by molar-refractivity contribution is 0.348. The van der Waals surface area contributed by atoms with Crippen molar-refractivity contribution in [2.24, 2.45) is 5.92 Å². The van der Waals surface area contributed by atoms with Crippen LogP contribution in [0.15, 0.2) is 0 Å². The van der Waals surface area contributed by atoms with Crippen LogP contribution in [0.5, 0.6) is 0 Å². The van der Waals surface area contributed by atoms with Gasteiger partial charge in [-0.25, -0.2) is 0 Å². The van der Waals surface area contributed by atoms with Gasteiger partial charge in [0, 0.05) is 0 Å². The molecule has 0 spiro atoms. The maximum Gasteiger partial charge on any atom is -0.0175 e. The smallest absolute Gasteiger partial charge is 0.0175 e. The average molecular weight is 214 g/mol. The number of hydrogen-bond donors (Lipinski definition) is 0. The van der Waals surface area contributed by atoms with Crippen LogP contribution in [0.1, 0.15) is 60.8 Å². The molecule has 0 aromatic rings. The molecular weight excluding hydrogens is 187 g/mol. The van der Waals surface area contributed by atoms with E-state index >= 15 is 0 Å². The summed E-state index contributed by atoms with van der Waals surface area (Å²) in [7, 11) is 0.163. The molecule has 1 heteroatoms. The fourth-order valence-electron chi connectivity index (χ4n) is 2.49.